The Morgan fingerprint density at radius 2 is 1.89 bits per heavy atom. The minimum Gasteiger partial charge on any atom is -0.497 e. The van der Waals surface area contributed by atoms with E-state index in [9.17, 15) is 0 Å². The molecule has 3 heteroatoms. The van der Waals surface area contributed by atoms with Gasteiger partial charge >= 0.3 is 0 Å². The molecule has 1 unspecified atom stereocenters. The Bertz CT molecular complexity index is 526. The van der Waals surface area contributed by atoms with Crippen molar-refractivity contribution in [2.75, 3.05) is 18.2 Å². The van der Waals surface area contributed by atoms with E-state index in [2.05, 4.69) is 36.5 Å². The molecule has 0 bridgehead atoms. The second kappa shape index (κ2) is 6.14. The third kappa shape index (κ3) is 3.19. The summed E-state index contributed by atoms with van der Waals surface area (Å²) in [4.78, 5) is 0. The lowest BCUT2D eigenvalue weighted by Crippen LogP contribution is -2.11. The SMILES string of the molecule is CCC(Nc1cc(OC)ccc1N)c1ccccc1. The Kier molecular flexibility index (Phi) is 4.29. The van der Waals surface area contributed by atoms with Crippen LogP contribution in [0.5, 0.6) is 5.75 Å². The van der Waals surface area contributed by atoms with Gasteiger partial charge in [-0.3, -0.25) is 0 Å². The fraction of sp³-hybridized carbons (Fsp3) is 0.250. The fourth-order valence-electron chi connectivity index (χ4n) is 2.08. The normalized spacial score (nSPS) is 11.9. The molecule has 3 nitrogen and oxygen atoms in total. The molecule has 0 aliphatic rings. The number of methoxy groups -OCH3 is 1. The van der Waals surface area contributed by atoms with Crippen LogP contribution in [0.3, 0.4) is 0 Å². The minimum atomic E-state index is 0.246. The topological polar surface area (TPSA) is 47.3 Å². The maximum Gasteiger partial charge on any atom is 0.121 e. The van der Waals surface area contributed by atoms with Gasteiger partial charge in [-0.15, -0.1) is 0 Å². The highest BCUT2D eigenvalue weighted by molar-refractivity contribution is 5.68. The zero-order chi connectivity index (χ0) is 13.7. The number of nitrogens with one attached hydrogen (secondary N) is 1. The lowest BCUT2D eigenvalue weighted by molar-refractivity contribution is 0.415. The summed E-state index contributed by atoms with van der Waals surface area (Å²) in [5, 5.41) is 3.48. The molecule has 0 aliphatic carbocycles. The van der Waals surface area contributed by atoms with E-state index < -0.39 is 0 Å². The van der Waals surface area contributed by atoms with Crippen LogP contribution in [-0.2, 0) is 0 Å². The highest BCUT2D eigenvalue weighted by Crippen LogP contribution is 2.29. The summed E-state index contributed by atoms with van der Waals surface area (Å²) in [6.45, 7) is 2.15. The predicted molar refractivity (Wildman–Crippen MR) is 80.5 cm³/mol. The third-order valence-corrected chi connectivity index (χ3v) is 3.20. The van der Waals surface area contributed by atoms with Crippen molar-refractivity contribution in [3.63, 3.8) is 0 Å². The van der Waals surface area contributed by atoms with Crippen LogP contribution in [0, 0.1) is 0 Å². The van der Waals surface area contributed by atoms with Crippen molar-refractivity contribution in [1.29, 1.82) is 0 Å². The van der Waals surface area contributed by atoms with E-state index >= 15 is 0 Å². The van der Waals surface area contributed by atoms with Gasteiger partial charge in [-0.2, -0.15) is 0 Å². The molecule has 3 N–H and O–H groups in total. The van der Waals surface area contributed by atoms with Crippen LogP contribution in [-0.4, -0.2) is 7.11 Å². The van der Waals surface area contributed by atoms with E-state index in [1.165, 1.54) is 5.56 Å². The molecule has 0 amide bonds. The van der Waals surface area contributed by atoms with Gasteiger partial charge in [0.15, 0.2) is 0 Å². The largest absolute Gasteiger partial charge is 0.497 e. The van der Waals surface area contributed by atoms with Crippen LogP contribution < -0.4 is 15.8 Å². The number of ether oxygens (including phenoxy) is 1. The highest BCUT2D eigenvalue weighted by atomic mass is 16.5. The van der Waals surface area contributed by atoms with Crippen LogP contribution in [0.2, 0.25) is 0 Å². The summed E-state index contributed by atoms with van der Waals surface area (Å²) >= 11 is 0. The van der Waals surface area contributed by atoms with E-state index in [0.717, 1.165) is 23.5 Å². The molecule has 0 fully saturated rings. The van der Waals surface area contributed by atoms with Crippen molar-refractivity contribution in [2.24, 2.45) is 0 Å². The van der Waals surface area contributed by atoms with Crippen molar-refractivity contribution in [3.8, 4) is 5.75 Å². The van der Waals surface area contributed by atoms with Gasteiger partial charge in [-0.25, -0.2) is 0 Å². The van der Waals surface area contributed by atoms with Gasteiger partial charge in [0.2, 0.25) is 0 Å². The number of benzene rings is 2. The lowest BCUT2D eigenvalue weighted by atomic mass is 10.0. The molecular weight excluding hydrogens is 236 g/mol. The van der Waals surface area contributed by atoms with Crippen LogP contribution in [0.25, 0.3) is 0 Å². The molecule has 0 aromatic heterocycles. The highest BCUT2D eigenvalue weighted by Gasteiger charge is 2.10. The second-order valence-electron chi connectivity index (χ2n) is 4.47. The summed E-state index contributed by atoms with van der Waals surface area (Å²) in [5.74, 6) is 0.805. The van der Waals surface area contributed by atoms with Gasteiger partial charge in [-0.05, 0) is 24.1 Å². The van der Waals surface area contributed by atoms with Gasteiger partial charge < -0.3 is 15.8 Å². The molecule has 2 rings (SSSR count). The Hall–Kier alpha value is -2.16. The monoisotopic (exact) mass is 256 g/mol. The maximum absolute atomic E-state index is 6.01. The molecule has 2 aromatic carbocycles. The van der Waals surface area contributed by atoms with E-state index in [1.807, 2.05) is 24.3 Å². The number of nitrogens with two attached hydrogens (primary N) is 1. The quantitative estimate of drug-likeness (QED) is 0.799. The van der Waals surface area contributed by atoms with Gasteiger partial charge in [0, 0.05) is 6.07 Å². The molecule has 100 valence electrons. The lowest BCUT2D eigenvalue weighted by Gasteiger charge is -2.20. The Morgan fingerprint density at radius 3 is 2.53 bits per heavy atom. The first kappa shape index (κ1) is 13.3. The summed E-state index contributed by atoms with van der Waals surface area (Å²) in [5.41, 5.74) is 8.91. The maximum atomic E-state index is 6.01. The zero-order valence-electron chi connectivity index (χ0n) is 11.4. The smallest absolute Gasteiger partial charge is 0.121 e. The molecule has 0 spiro atoms. The number of nitrogen functional groups attached to an aromatic ring is 1. The first-order chi connectivity index (χ1) is 9.24. The van der Waals surface area contributed by atoms with Crippen LogP contribution >= 0.6 is 0 Å². The van der Waals surface area contributed by atoms with E-state index in [4.69, 9.17) is 10.5 Å². The molecule has 2 aromatic rings. The van der Waals surface area contributed by atoms with E-state index in [1.54, 1.807) is 7.11 Å². The second-order valence-corrected chi connectivity index (χ2v) is 4.47. The first-order valence-electron chi connectivity index (χ1n) is 6.49. The van der Waals surface area contributed by atoms with Crippen molar-refractivity contribution >= 4 is 11.4 Å². The summed E-state index contributed by atoms with van der Waals surface area (Å²) < 4.78 is 5.24. The molecular formula is C16H20N2O. The standard InChI is InChI=1S/C16H20N2O/c1-3-15(12-7-5-4-6-8-12)18-16-11-13(19-2)9-10-14(16)17/h4-11,15,18H,3,17H2,1-2H3. The number of hydrogen-bond donors (Lipinski definition) is 2. The van der Waals surface area contributed by atoms with Gasteiger partial charge in [-0.1, -0.05) is 37.3 Å². The minimum absolute atomic E-state index is 0.246. The Morgan fingerprint density at radius 1 is 1.16 bits per heavy atom. The van der Waals surface area contributed by atoms with Gasteiger partial charge in [0.25, 0.3) is 0 Å². The van der Waals surface area contributed by atoms with Crippen molar-refractivity contribution in [1.82, 2.24) is 0 Å². The Balaban J connectivity index is 2.23. The zero-order valence-corrected chi connectivity index (χ0v) is 11.4. The van der Waals surface area contributed by atoms with Gasteiger partial charge in [0.1, 0.15) is 5.75 Å². The molecule has 0 heterocycles. The van der Waals surface area contributed by atoms with Crippen molar-refractivity contribution in [2.45, 2.75) is 19.4 Å². The molecule has 0 radical (unpaired) electrons. The third-order valence-electron chi connectivity index (χ3n) is 3.20. The Labute approximate surface area is 114 Å². The summed E-state index contributed by atoms with van der Waals surface area (Å²) in [6, 6.07) is 16.3. The number of rotatable bonds is 5. The number of anilines is 2. The average Bonchev–Trinajstić information content (AvgIpc) is 2.47. The van der Waals surface area contributed by atoms with E-state index in [-0.39, 0.29) is 6.04 Å². The van der Waals surface area contributed by atoms with Crippen LogP contribution in [0.4, 0.5) is 11.4 Å². The number of hydrogen-bond acceptors (Lipinski definition) is 3. The molecule has 0 saturated heterocycles. The predicted octanol–water partition coefficient (Wildman–Crippen LogP) is 3.84. The molecule has 1 atom stereocenters. The summed E-state index contributed by atoms with van der Waals surface area (Å²) in [6.07, 6.45) is 0.987. The van der Waals surface area contributed by atoms with E-state index in [0.29, 0.717) is 0 Å². The molecule has 0 saturated carbocycles. The van der Waals surface area contributed by atoms with Gasteiger partial charge in [0.05, 0.1) is 24.5 Å². The first-order valence-corrected chi connectivity index (χ1v) is 6.49. The fourth-order valence-corrected chi connectivity index (χ4v) is 2.08. The van der Waals surface area contributed by atoms with Crippen molar-refractivity contribution in [3.05, 3.63) is 54.1 Å². The van der Waals surface area contributed by atoms with Crippen LogP contribution in [0.1, 0.15) is 24.9 Å². The average molecular weight is 256 g/mol. The van der Waals surface area contributed by atoms with Crippen LogP contribution in [0.15, 0.2) is 48.5 Å². The molecule has 19 heavy (non-hydrogen) atoms. The summed E-state index contributed by atoms with van der Waals surface area (Å²) in [7, 11) is 1.66. The molecule has 0 aliphatic heterocycles. The van der Waals surface area contributed by atoms with Crippen molar-refractivity contribution < 1.29 is 4.74 Å².